The maximum Gasteiger partial charge on any atom is 0.0466 e. The second-order valence-electron chi connectivity index (χ2n) is 4.27. The molecule has 0 saturated heterocycles. The minimum absolute atomic E-state index is 0.847. The van der Waals surface area contributed by atoms with Crippen molar-refractivity contribution in [1.29, 1.82) is 0 Å². The lowest BCUT2D eigenvalue weighted by Gasteiger charge is -2.16. The molecule has 0 bridgehead atoms. The van der Waals surface area contributed by atoms with Crippen molar-refractivity contribution < 1.29 is 4.74 Å². The molecule has 0 rings (SSSR count). The Hall–Kier alpha value is -0.120. The molecular formula is C13H30N2O. The average Bonchev–Trinajstić information content (AvgIpc) is 2.28. The van der Waals surface area contributed by atoms with Crippen LogP contribution in [0.15, 0.2) is 0 Å². The Morgan fingerprint density at radius 1 is 1.00 bits per heavy atom. The number of hydrogen-bond donors (Lipinski definition) is 1. The van der Waals surface area contributed by atoms with Gasteiger partial charge in [0.25, 0.3) is 0 Å². The Balaban J connectivity index is 3.09. The number of ether oxygens (including phenoxy) is 1. The molecule has 3 nitrogen and oxygen atoms in total. The summed E-state index contributed by atoms with van der Waals surface area (Å²) in [5.41, 5.74) is 0. The molecule has 0 amide bonds. The van der Waals surface area contributed by atoms with Crippen molar-refractivity contribution in [1.82, 2.24) is 10.2 Å². The van der Waals surface area contributed by atoms with Crippen molar-refractivity contribution in [3.8, 4) is 0 Å². The van der Waals surface area contributed by atoms with Crippen LogP contribution in [-0.2, 0) is 4.74 Å². The van der Waals surface area contributed by atoms with Gasteiger partial charge in [-0.25, -0.2) is 0 Å². The van der Waals surface area contributed by atoms with Gasteiger partial charge < -0.3 is 15.0 Å². The number of nitrogens with zero attached hydrogens (tertiary/aromatic N) is 1. The van der Waals surface area contributed by atoms with Crippen LogP contribution in [0.3, 0.4) is 0 Å². The Morgan fingerprint density at radius 3 is 2.31 bits per heavy atom. The molecule has 0 aliphatic rings. The van der Waals surface area contributed by atoms with Crippen molar-refractivity contribution in [2.24, 2.45) is 0 Å². The van der Waals surface area contributed by atoms with Gasteiger partial charge in [-0.05, 0) is 65.8 Å². The van der Waals surface area contributed by atoms with E-state index in [1.54, 1.807) is 0 Å². The third kappa shape index (κ3) is 12.0. The minimum atomic E-state index is 0.847. The molecule has 0 aliphatic carbocycles. The Morgan fingerprint density at radius 2 is 1.69 bits per heavy atom. The van der Waals surface area contributed by atoms with Crippen molar-refractivity contribution in [3.05, 3.63) is 0 Å². The lowest BCUT2D eigenvalue weighted by Crippen LogP contribution is -2.22. The largest absolute Gasteiger partial charge is 0.382 e. The van der Waals surface area contributed by atoms with Gasteiger partial charge in [-0.3, -0.25) is 0 Å². The van der Waals surface area contributed by atoms with Gasteiger partial charge >= 0.3 is 0 Å². The first kappa shape index (κ1) is 15.9. The first-order chi connectivity index (χ1) is 7.81. The summed E-state index contributed by atoms with van der Waals surface area (Å²) in [5, 5.41) is 3.35. The fourth-order valence-electron chi connectivity index (χ4n) is 1.65. The highest BCUT2D eigenvalue weighted by Gasteiger charge is 1.97. The molecule has 0 atom stereocenters. The highest BCUT2D eigenvalue weighted by molar-refractivity contribution is 4.54. The summed E-state index contributed by atoms with van der Waals surface area (Å²) in [6.07, 6.45) is 5.03. The maximum atomic E-state index is 5.31. The standard InChI is InChI=1S/C13H30N2O/c1-4-14-10-6-7-11-15(3)12-8-9-13-16-5-2/h14H,4-13H2,1-3H3. The molecule has 0 saturated carbocycles. The number of nitrogens with one attached hydrogen (secondary N) is 1. The molecule has 0 aromatic carbocycles. The fraction of sp³-hybridized carbons (Fsp3) is 1.00. The van der Waals surface area contributed by atoms with E-state index in [1.807, 2.05) is 0 Å². The van der Waals surface area contributed by atoms with Gasteiger partial charge in [0.05, 0.1) is 0 Å². The highest BCUT2D eigenvalue weighted by atomic mass is 16.5. The maximum absolute atomic E-state index is 5.31. The quantitative estimate of drug-likeness (QED) is 0.520. The molecule has 1 N–H and O–H groups in total. The van der Waals surface area contributed by atoms with E-state index in [4.69, 9.17) is 4.74 Å². The molecule has 0 aromatic heterocycles. The second-order valence-corrected chi connectivity index (χ2v) is 4.27. The molecule has 98 valence electrons. The third-order valence-corrected chi connectivity index (χ3v) is 2.68. The van der Waals surface area contributed by atoms with Crippen LogP contribution in [0.2, 0.25) is 0 Å². The number of hydrogen-bond acceptors (Lipinski definition) is 3. The van der Waals surface area contributed by atoms with Gasteiger partial charge in [-0.1, -0.05) is 6.92 Å². The van der Waals surface area contributed by atoms with E-state index in [0.29, 0.717) is 0 Å². The van der Waals surface area contributed by atoms with Gasteiger partial charge in [0.15, 0.2) is 0 Å². The topological polar surface area (TPSA) is 24.5 Å². The summed E-state index contributed by atoms with van der Waals surface area (Å²) >= 11 is 0. The first-order valence-electron chi connectivity index (χ1n) is 6.78. The molecule has 0 unspecified atom stereocenters. The van der Waals surface area contributed by atoms with Crippen molar-refractivity contribution >= 4 is 0 Å². The van der Waals surface area contributed by atoms with E-state index in [2.05, 4.69) is 31.1 Å². The van der Waals surface area contributed by atoms with Crippen LogP contribution in [0.4, 0.5) is 0 Å². The Labute approximate surface area is 102 Å². The zero-order valence-corrected chi connectivity index (χ0v) is 11.4. The molecule has 0 radical (unpaired) electrons. The zero-order valence-electron chi connectivity index (χ0n) is 11.4. The predicted molar refractivity (Wildman–Crippen MR) is 71.0 cm³/mol. The van der Waals surface area contributed by atoms with Gasteiger partial charge in [0, 0.05) is 13.2 Å². The summed E-state index contributed by atoms with van der Waals surface area (Å²) in [7, 11) is 2.22. The van der Waals surface area contributed by atoms with Crippen LogP contribution in [0.1, 0.15) is 39.5 Å². The molecule has 0 aliphatic heterocycles. The van der Waals surface area contributed by atoms with Crippen LogP contribution >= 0.6 is 0 Å². The average molecular weight is 230 g/mol. The SMILES string of the molecule is CCNCCCCN(C)CCCCOCC. The number of rotatable bonds is 12. The molecule has 3 heteroatoms. The van der Waals surface area contributed by atoms with Gasteiger partial charge in [-0.2, -0.15) is 0 Å². The fourth-order valence-corrected chi connectivity index (χ4v) is 1.65. The van der Waals surface area contributed by atoms with Crippen molar-refractivity contribution in [2.75, 3.05) is 46.4 Å². The minimum Gasteiger partial charge on any atom is -0.382 e. The monoisotopic (exact) mass is 230 g/mol. The second kappa shape index (κ2) is 12.9. The highest BCUT2D eigenvalue weighted by Crippen LogP contribution is 1.96. The lowest BCUT2D eigenvalue weighted by molar-refractivity contribution is 0.140. The summed E-state index contributed by atoms with van der Waals surface area (Å²) in [6, 6.07) is 0. The first-order valence-corrected chi connectivity index (χ1v) is 6.78. The molecule has 0 fully saturated rings. The summed E-state index contributed by atoms with van der Waals surface area (Å²) in [4.78, 5) is 2.43. The molecular weight excluding hydrogens is 200 g/mol. The van der Waals surface area contributed by atoms with Gasteiger partial charge in [0.1, 0.15) is 0 Å². The summed E-state index contributed by atoms with van der Waals surface area (Å²) in [6.45, 7) is 10.7. The van der Waals surface area contributed by atoms with Crippen LogP contribution < -0.4 is 5.32 Å². The summed E-state index contributed by atoms with van der Waals surface area (Å²) < 4.78 is 5.31. The number of unbranched alkanes of at least 4 members (excludes halogenated alkanes) is 2. The molecule has 0 aromatic rings. The van der Waals surface area contributed by atoms with Crippen LogP contribution in [0.5, 0.6) is 0 Å². The third-order valence-electron chi connectivity index (χ3n) is 2.68. The lowest BCUT2D eigenvalue weighted by atomic mass is 10.2. The van der Waals surface area contributed by atoms with E-state index < -0.39 is 0 Å². The van der Waals surface area contributed by atoms with Crippen LogP contribution in [0.25, 0.3) is 0 Å². The molecule has 0 heterocycles. The van der Waals surface area contributed by atoms with E-state index in [-0.39, 0.29) is 0 Å². The van der Waals surface area contributed by atoms with Crippen molar-refractivity contribution in [2.45, 2.75) is 39.5 Å². The normalized spacial score (nSPS) is 11.2. The zero-order chi connectivity index (χ0) is 12.1. The van der Waals surface area contributed by atoms with E-state index in [0.717, 1.165) is 26.3 Å². The van der Waals surface area contributed by atoms with Crippen molar-refractivity contribution in [3.63, 3.8) is 0 Å². The van der Waals surface area contributed by atoms with Crippen LogP contribution in [0, 0.1) is 0 Å². The van der Waals surface area contributed by atoms with Crippen LogP contribution in [-0.4, -0.2) is 51.3 Å². The molecule has 0 spiro atoms. The van der Waals surface area contributed by atoms with Gasteiger partial charge in [-0.15, -0.1) is 0 Å². The van der Waals surface area contributed by atoms with Gasteiger partial charge in [0.2, 0.25) is 0 Å². The smallest absolute Gasteiger partial charge is 0.0466 e. The summed E-state index contributed by atoms with van der Waals surface area (Å²) in [5.74, 6) is 0. The molecule has 16 heavy (non-hydrogen) atoms. The predicted octanol–water partition coefficient (Wildman–Crippen LogP) is 2.12. The Kier molecular flexibility index (Phi) is 12.9. The van der Waals surface area contributed by atoms with E-state index in [1.165, 1.54) is 38.8 Å². The Bertz CT molecular complexity index is 117. The van der Waals surface area contributed by atoms with E-state index in [9.17, 15) is 0 Å². The van der Waals surface area contributed by atoms with E-state index >= 15 is 0 Å².